The van der Waals surface area contributed by atoms with E-state index in [1.807, 2.05) is 25.1 Å². The lowest BCUT2D eigenvalue weighted by molar-refractivity contribution is 0.000603. The molecule has 4 nitrogen and oxygen atoms in total. The molecule has 118 valence electrons. The van der Waals surface area contributed by atoms with Crippen LogP contribution in [0.15, 0.2) is 18.2 Å². The van der Waals surface area contributed by atoms with Crippen molar-refractivity contribution in [2.24, 2.45) is 0 Å². The molecule has 0 atom stereocenters. The molecule has 0 saturated heterocycles. The van der Waals surface area contributed by atoms with Crippen LogP contribution in [0.3, 0.4) is 0 Å². The summed E-state index contributed by atoms with van der Waals surface area (Å²) in [6.45, 7) is 6.76. The highest BCUT2D eigenvalue weighted by Gasteiger charge is 2.32. The quantitative estimate of drug-likeness (QED) is 0.774. The summed E-state index contributed by atoms with van der Waals surface area (Å²) >= 11 is 0. The Morgan fingerprint density at radius 3 is 2.57 bits per heavy atom. The summed E-state index contributed by atoms with van der Waals surface area (Å²) in [7, 11) is 0. The molecule has 1 aliphatic rings. The van der Waals surface area contributed by atoms with Crippen LogP contribution in [0.25, 0.3) is 0 Å². The van der Waals surface area contributed by atoms with Crippen LogP contribution in [0.4, 0.5) is 0 Å². The molecule has 1 aliphatic carbocycles. The van der Waals surface area contributed by atoms with Crippen LogP contribution in [0.1, 0.15) is 45.1 Å². The van der Waals surface area contributed by atoms with Gasteiger partial charge in [0.15, 0.2) is 11.5 Å². The van der Waals surface area contributed by atoms with Crippen LogP contribution in [0.2, 0.25) is 0 Å². The van der Waals surface area contributed by atoms with Crippen LogP contribution in [-0.4, -0.2) is 30.5 Å². The van der Waals surface area contributed by atoms with Crippen molar-refractivity contribution in [1.82, 2.24) is 5.32 Å². The van der Waals surface area contributed by atoms with Crippen LogP contribution in [-0.2, 0) is 6.54 Å². The van der Waals surface area contributed by atoms with Gasteiger partial charge in [0.05, 0.1) is 12.2 Å². The van der Waals surface area contributed by atoms with Crippen molar-refractivity contribution in [3.8, 4) is 11.5 Å². The zero-order chi connectivity index (χ0) is 15.1. The van der Waals surface area contributed by atoms with Gasteiger partial charge in [0.25, 0.3) is 0 Å². The molecule has 1 aromatic carbocycles. The third-order valence-corrected chi connectivity index (χ3v) is 3.92. The van der Waals surface area contributed by atoms with Gasteiger partial charge < -0.3 is 19.9 Å². The van der Waals surface area contributed by atoms with E-state index < -0.39 is 5.60 Å². The van der Waals surface area contributed by atoms with Crippen molar-refractivity contribution >= 4 is 0 Å². The van der Waals surface area contributed by atoms with Gasteiger partial charge in [0, 0.05) is 6.54 Å². The molecule has 1 aromatic rings. The lowest BCUT2D eigenvalue weighted by Crippen LogP contribution is -2.32. The number of benzene rings is 1. The minimum Gasteiger partial charge on any atom is -0.490 e. The molecule has 0 radical (unpaired) electrons. The standard InChI is InChI=1S/C17H27NO3/c1-3-18-12-14-7-8-15(16(11-14)20-4-2)21-13-17(19)9-5-6-10-17/h7-8,11,18-19H,3-6,9-10,12-13H2,1-2H3. The maximum atomic E-state index is 10.4. The van der Waals surface area contributed by atoms with E-state index in [1.54, 1.807) is 0 Å². The molecule has 0 bridgehead atoms. The predicted molar refractivity (Wildman–Crippen MR) is 83.9 cm³/mol. The van der Waals surface area contributed by atoms with E-state index in [4.69, 9.17) is 9.47 Å². The van der Waals surface area contributed by atoms with Gasteiger partial charge in [-0.3, -0.25) is 0 Å². The zero-order valence-corrected chi connectivity index (χ0v) is 13.2. The number of hydrogen-bond donors (Lipinski definition) is 2. The van der Waals surface area contributed by atoms with Crippen molar-refractivity contribution in [2.75, 3.05) is 19.8 Å². The molecule has 2 N–H and O–H groups in total. The number of aliphatic hydroxyl groups is 1. The predicted octanol–water partition coefficient (Wildman–Crippen LogP) is 2.88. The van der Waals surface area contributed by atoms with Gasteiger partial charge in [-0.05, 0) is 44.0 Å². The van der Waals surface area contributed by atoms with E-state index in [1.165, 1.54) is 5.56 Å². The Balaban J connectivity index is 2.03. The third-order valence-electron chi connectivity index (χ3n) is 3.92. The topological polar surface area (TPSA) is 50.7 Å². The molecule has 0 unspecified atom stereocenters. The smallest absolute Gasteiger partial charge is 0.161 e. The first kappa shape index (κ1) is 16.1. The molecular formula is C17H27NO3. The van der Waals surface area contributed by atoms with E-state index in [-0.39, 0.29) is 0 Å². The Morgan fingerprint density at radius 2 is 1.90 bits per heavy atom. The van der Waals surface area contributed by atoms with Gasteiger partial charge in [-0.25, -0.2) is 0 Å². The first-order chi connectivity index (χ1) is 10.2. The van der Waals surface area contributed by atoms with Crippen LogP contribution in [0.5, 0.6) is 11.5 Å². The second kappa shape index (κ2) is 7.66. The Morgan fingerprint density at radius 1 is 1.14 bits per heavy atom. The molecule has 4 heteroatoms. The number of nitrogens with one attached hydrogen (secondary N) is 1. The fourth-order valence-corrected chi connectivity index (χ4v) is 2.71. The summed E-state index contributed by atoms with van der Waals surface area (Å²) in [6, 6.07) is 6.00. The molecule has 0 aliphatic heterocycles. The van der Waals surface area contributed by atoms with E-state index in [0.717, 1.165) is 50.3 Å². The maximum absolute atomic E-state index is 10.4. The fraction of sp³-hybridized carbons (Fsp3) is 0.647. The molecule has 0 spiro atoms. The van der Waals surface area contributed by atoms with Gasteiger partial charge in [-0.15, -0.1) is 0 Å². The van der Waals surface area contributed by atoms with Crippen LogP contribution >= 0.6 is 0 Å². The molecule has 1 fully saturated rings. The molecule has 0 aromatic heterocycles. The Labute approximate surface area is 127 Å². The minimum atomic E-state index is -0.661. The van der Waals surface area contributed by atoms with Gasteiger partial charge in [-0.1, -0.05) is 25.8 Å². The molecule has 0 amide bonds. The first-order valence-electron chi connectivity index (χ1n) is 7.98. The molecule has 21 heavy (non-hydrogen) atoms. The first-order valence-corrected chi connectivity index (χ1v) is 7.98. The van der Waals surface area contributed by atoms with Gasteiger partial charge >= 0.3 is 0 Å². The second-order valence-electron chi connectivity index (χ2n) is 5.71. The van der Waals surface area contributed by atoms with E-state index in [9.17, 15) is 5.11 Å². The van der Waals surface area contributed by atoms with Crippen molar-refractivity contribution in [2.45, 2.75) is 51.7 Å². The summed E-state index contributed by atoms with van der Waals surface area (Å²) in [6.07, 6.45) is 3.82. The third kappa shape index (κ3) is 4.61. The second-order valence-corrected chi connectivity index (χ2v) is 5.71. The van der Waals surface area contributed by atoms with Gasteiger partial charge in [0.2, 0.25) is 0 Å². The highest BCUT2D eigenvalue weighted by atomic mass is 16.5. The van der Waals surface area contributed by atoms with E-state index in [2.05, 4.69) is 12.2 Å². The van der Waals surface area contributed by atoms with Crippen molar-refractivity contribution in [3.05, 3.63) is 23.8 Å². The monoisotopic (exact) mass is 293 g/mol. The maximum Gasteiger partial charge on any atom is 0.161 e. The highest BCUT2D eigenvalue weighted by Crippen LogP contribution is 2.33. The Hall–Kier alpha value is -1.26. The molecule has 2 rings (SSSR count). The van der Waals surface area contributed by atoms with E-state index >= 15 is 0 Å². The summed E-state index contributed by atoms with van der Waals surface area (Å²) in [5, 5.41) is 13.7. The largest absolute Gasteiger partial charge is 0.490 e. The molecule has 1 saturated carbocycles. The SMILES string of the molecule is CCNCc1ccc(OCC2(O)CCCC2)c(OCC)c1. The van der Waals surface area contributed by atoms with Crippen molar-refractivity contribution < 1.29 is 14.6 Å². The van der Waals surface area contributed by atoms with E-state index in [0.29, 0.717) is 13.2 Å². The normalized spacial score (nSPS) is 16.9. The van der Waals surface area contributed by atoms with Gasteiger partial charge in [-0.2, -0.15) is 0 Å². The van der Waals surface area contributed by atoms with Gasteiger partial charge in [0.1, 0.15) is 6.61 Å². The summed E-state index contributed by atoms with van der Waals surface area (Å²) in [5.74, 6) is 1.48. The molecular weight excluding hydrogens is 266 g/mol. The lowest BCUT2D eigenvalue weighted by Gasteiger charge is -2.23. The number of hydrogen-bond acceptors (Lipinski definition) is 4. The lowest BCUT2D eigenvalue weighted by atomic mass is 10.0. The number of ether oxygens (including phenoxy) is 2. The summed E-state index contributed by atoms with van der Waals surface area (Å²) in [4.78, 5) is 0. The number of rotatable bonds is 8. The highest BCUT2D eigenvalue weighted by molar-refractivity contribution is 5.43. The zero-order valence-electron chi connectivity index (χ0n) is 13.2. The van der Waals surface area contributed by atoms with Crippen LogP contribution < -0.4 is 14.8 Å². The Bertz CT molecular complexity index is 442. The fourth-order valence-electron chi connectivity index (χ4n) is 2.71. The molecule has 0 heterocycles. The van der Waals surface area contributed by atoms with Crippen LogP contribution in [0, 0.1) is 0 Å². The summed E-state index contributed by atoms with van der Waals surface area (Å²) < 4.78 is 11.5. The average molecular weight is 293 g/mol. The van der Waals surface area contributed by atoms with Crippen molar-refractivity contribution in [1.29, 1.82) is 0 Å². The average Bonchev–Trinajstić information content (AvgIpc) is 2.92. The van der Waals surface area contributed by atoms with Crippen molar-refractivity contribution in [3.63, 3.8) is 0 Å². The Kier molecular flexibility index (Phi) is 5.88. The summed E-state index contributed by atoms with van der Waals surface area (Å²) in [5.41, 5.74) is 0.513. The minimum absolute atomic E-state index is 0.347.